The van der Waals surface area contributed by atoms with Crippen molar-refractivity contribution in [3.05, 3.63) is 59.1 Å². The molecule has 1 heterocycles. The van der Waals surface area contributed by atoms with E-state index in [-0.39, 0.29) is 17.9 Å². The van der Waals surface area contributed by atoms with Crippen molar-refractivity contribution in [1.29, 1.82) is 0 Å². The van der Waals surface area contributed by atoms with E-state index >= 15 is 0 Å². The number of hydrogen-bond donors (Lipinski definition) is 2. The van der Waals surface area contributed by atoms with Gasteiger partial charge in [0.05, 0.1) is 0 Å². The third-order valence-corrected chi connectivity index (χ3v) is 5.35. The van der Waals surface area contributed by atoms with Gasteiger partial charge in [-0.3, -0.25) is 9.59 Å². The van der Waals surface area contributed by atoms with Crippen LogP contribution in [0.25, 0.3) is 0 Å². The first-order valence-corrected chi connectivity index (χ1v) is 10.0. The van der Waals surface area contributed by atoms with Crippen molar-refractivity contribution < 1.29 is 9.59 Å². The number of carbonyl (C=O) groups excluding carboxylic acids is 2. The quantitative estimate of drug-likeness (QED) is 0.769. The second-order valence-corrected chi connectivity index (χ2v) is 7.85. The summed E-state index contributed by atoms with van der Waals surface area (Å²) in [5, 5.41) is 6.69. The number of likely N-dealkylation sites (tertiary alicyclic amines) is 1. The summed E-state index contributed by atoms with van der Waals surface area (Å²) in [5.74, 6) is 0.634. The molecule has 0 spiro atoms. The zero-order valence-corrected chi connectivity index (χ0v) is 17.0. The van der Waals surface area contributed by atoms with Crippen molar-refractivity contribution in [3.63, 3.8) is 0 Å². The molecule has 1 aliphatic rings. The molecule has 2 aromatic rings. The van der Waals surface area contributed by atoms with Gasteiger partial charge in [0.15, 0.2) is 0 Å². The molecule has 6 heteroatoms. The van der Waals surface area contributed by atoms with Gasteiger partial charge in [-0.05, 0) is 74.2 Å². The van der Waals surface area contributed by atoms with Gasteiger partial charge in [0.2, 0.25) is 5.91 Å². The molecule has 0 aromatic heterocycles. The molecular formula is C22H26ClN3O2. The first-order chi connectivity index (χ1) is 13.4. The number of nitrogens with zero attached hydrogens (tertiary/aromatic N) is 1. The summed E-state index contributed by atoms with van der Waals surface area (Å²) < 4.78 is 0. The van der Waals surface area contributed by atoms with Crippen LogP contribution in [0.3, 0.4) is 0 Å². The lowest BCUT2D eigenvalue weighted by Crippen LogP contribution is -2.45. The van der Waals surface area contributed by atoms with Gasteiger partial charge in [-0.1, -0.05) is 18.5 Å². The molecule has 1 atom stereocenters. The summed E-state index contributed by atoms with van der Waals surface area (Å²) in [5.41, 5.74) is 2.08. The molecule has 0 bridgehead atoms. The maximum absolute atomic E-state index is 12.6. The SMILES string of the molecule is CC1CCN(C(=O)C(C)Nc2ccc(NC(=O)c3ccc(Cl)cc3)cc2)CC1. The third-order valence-electron chi connectivity index (χ3n) is 5.10. The Bertz CT molecular complexity index is 813. The average molecular weight is 400 g/mol. The Morgan fingerprint density at radius 1 is 1.00 bits per heavy atom. The maximum Gasteiger partial charge on any atom is 0.255 e. The normalized spacial score (nSPS) is 15.8. The zero-order valence-electron chi connectivity index (χ0n) is 16.2. The summed E-state index contributed by atoms with van der Waals surface area (Å²) in [6.07, 6.45) is 2.14. The van der Waals surface area contributed by atoms with Crippen LogP contribution in [0.15, 0.2) is 48.5 Å². The van der Waals surface area contributed by atoms with Crippen molar-refractivity contribution in [2.75, 3.05) is 23.7 Å². The number of benzene rings is 2. The highest BCUT2D eigenvalue weighted by atomic mass is 35.5. The minimum Gasteiger partial charge on any atom is -0.374 e. The van der Waals surface area contributed by atoms with E-state index in [9.17, 15) is 9.59 Å². The lowest BCUT2D eigenvalue weighted by Gasteiger charge is -2.32. The predicted octanol–water partition coefficient (Wildman–Crippen LogP) is 4.65. The van der Waals surface area contributed by atoms with Crippen LogP contribution in [0.5, 0.6) is 0 Å². The van der Waals surface area contributed by atoms with Crippen molar-refractivity contribution in [2.24, 2.45) is 5.92 Å². The highest BCUT2D eigenvalue weighted by Gasteiger charge is 2.24. The van der Waals surface area contributed by atoms with Crippen LogP contribution in [0.4, 0.5) is 11.4 Å². The Hall–Kier alpha value is -2.53. The number of rotatable bonds is 5. The van der Waals surface area contributed by atoms with E-state index in [2.05, 4.69) is 17.6 Å². The van der Waals surface area contributed by atoms with Crippen LogP contribution in [0, 0.1) is 5.92 Å². The summed E-state index contributed by atoms with van der Waals surface area (Å²) >= 11 is 5.85. The van der Waals surface area contributed by atoms with E-state index in [1.54, 1.807) is 24.3 Å². The minimum absolute atomic E-state index is 0.131. The molecule has 0 saturated carbocycles. The fourth-order valence-electron chi connectivity index (χ4n) is 3.27. The highest BCUT2D eigenvalue weighted by Crippen LogP contribution is 2.19. The molecule has 1 saturated heterocycles. The fraction of sp³-hybridized carbons (Fsp3) is 0.364. The van der Waals surface area contributed by atoms with Gasteiger partial charge in [-0.2, -0.15) is 0 Å². The van der Waals surface area contributed by atoms with Crippen LogP contribution in [-0.4, -0.2) is 35.8 Å². The maximum atomic E-state index is 12.6. The number of nitrogens with one attached hydrogen (secondary N) is 2. The van der Waals surface area contributed by atoms with Gasteiger partial charge in [0, 0.05) is 35.1 Å². The first-order valence-electron chi connectivity index (χ1n) is 9.64. The smallest absolute Gasteiger partial charge is 0.255 e. The minimum atomic E-state index is -0.289. The molecule has 2 N–H and O–H groups in total. The number of piperidine rings is 1. The van der Waals surface area contributed by atoms with Gasteiger partial charge in [0.1, 0.15) is 6.04 Å². The Balaban J connectivity index is 1.54. The standard InChI is InChI=1S/C22H26ClN3O2/c1-15-11-13-26(14-12-15)22(28)16(2)24-19-7-9-20(10-8-19)25-21(27)17-3-5-18(23)6-4-17/h3-10,15-16,24H,11-14H2,1-2H3,(H,25,27). The van der Waals surface area contributed by atoms with E-state index in [1.165, 1.54) is 0 Å². The van der Waals surface area contributed by atoms with Crippen molar-refractivity contribution in [1.82, 2.24) is 4.90 Å². The monoisotopic (exact) mass is 399 g/mol. The second-order valence-electron chi connectivity index (χ2n) is 7.41. The Morgan fingerprint density at radius 2 is 1.57 bits per heavy atom. The Morgan fingerprint density at radius 3 is 2.18 bits per heavy atom. The van der Waals surface area contributed by atoms with Crippen LogP contribution < -0.4 is 10.6 Å². The number of hydrogen-bond acceptors (Lipinski definition) is 3. The lowest BCUT2D eigenvalue weighted by molar-refractivity contribution is -0.132. The number of halogens is 1. The summed E-state index contributed by atoms with van der Waals surface area (Å²) in [6.45, 7) is 5.79. The van der Waals surface area contributed by atoms with Crippen LogP contribution in [0.1, 0.15) is 37.0 Å². The van der Waals surface area contributed by atoms with Gasteiger partial charge >= 0.3 is 0 Å². The zero-order chi connectivity index (χ0) is 20.1. The van der Waals surface area contributed by atoms with Gasteiger partial charge in [-0.25, -0.2) is 0 Å². The molecule has 3 rings (SSSR count). The molecule has 2 amide bonds. The molecule has 1 unspecified atom stereocenters. The van der Waals surface area contributed by atoms with E-state index in [0.29, 0.717) is 22.2 Å². The van der Waals surface area contributed by atoms with E-state index in [4.69, 9.17) is 11.6 Å². The summed E-state index contributed by atoms with van der Waals surface area (Å²) in [7, 11) is 0. The fourth-order valence-corrected chi connectivity index (χ4v) is 3.39. The van der Waals surface area contributed by atoms with Gasteiger partial charge in [0.25, 0.3) is 5.91 Å². The molecule has 1 aliphatic heterocycles. The topological polar surface area (TPSA) is 61.4 Å². The molecular weight excluding hydrogens is 374 g/mol. The summed E-state index contributed by atoms with van der Waals surface area (Å²) in [4.78, 5) is 26.8. The molecule has 5 nitrogen and oxygen atoms in total. The highest BCUT2D eigenvalue weighted by molar-refractivity contribution is 6.30. The van der Waals surface area contributed by atoms with Crippen LogP contribution in [0.2, 0.25) is 5.02 Å². The Labute approximate surface area is 171 Å². The van der Waals surface area contributed by atoms with Crippen molar-refractivity contribution >= 4 is 34.8 Å². The predicted molar refractivity (Wildman–Crippen MR) is 114 cm³/mol. The van der Waals surface area contributed by atoms with Crippen LogP contribution >= 0.6 is 11.6 Å². The molecule has 28 heavy (non-hydrogen) atoms. The summed E-state index contributed by atoms with van der Waals surface area (Å²) in [6, 6.07) is 13.8. The number of anilines is 2. The average Bonchev–Trinajstić information content (AvgIpc) is 2.70. The molecule has 2 aromatic carbocycles. The Kier molecular flexibility index (Phi) is 6.57. The van der Waals surface area contributed by atoms with Crippen molar-refractivity contribution in [2.45, 2.75) is 32.7 Å². The van der Waals surface area contributed by atoms with Gasteiger partial charge in [-0.15, -0.1) is 0 Å². The lowest BCUT2D eigenvalue weighted by atomic mass is 9.99. The van der Waals surface area contributed by atoms with E-state index in [0.717, 1.165) is 31.6 Å². The molecule has 0 radical (unpaired) electrons. The number of amides is 2. The molecule has 148 valence electrons. The van der Waals surface area contributed by atoms with Gasteiger partial charge < -0.3 is 15.5 Å². The van der Waals surface area contributed by atoms with E-state index < -0.39 is 0 Å². The van der Waals surface area contributed by atoms with Crippen LogP contribution in [-0.2, 0) is 4.79 Å². The van der Waals surface area contributed by atoms with Crippen molar-refractivity contribution in [3.8, 4) is 0 Å². The molecule has 1 fully saturated rings. The third kappa shape index (κ3) is 5.26. The van der Waals surface area contributed by atoms with E-state index in [1.807, 2.05) is 36.1 Å². The largest absolute Gasteiger partial charge is 0.374 e. The molecule has 0 aliphatic carbocycles. The second kappa shape index (κ2) is 9.11. The number of carbonyl (C=O) groups is 2. The first kappa shape index (κ1) is 20.2.